The summed E-state index contributed by atoms with van der Waals surface area (Å²) in [5.41, 5.74) is 0.427. The van der Waals surface area contributed by atoms with Crippen LogP contribution in [0.1, 0.15) is 18.4 Å². The fourth-order valence-corrected chi connectivity index (χ4v) is 2.49. The predicted molar refractivity (Wildman–Crippen MR) is 72.6 cm³/mol. The maximum atomic E-state index is 12.1. The van der Waals surface area contributed by atoms with Crippen LogP contribution in [-0.4, -0.2) is 45.6 Å². The number of hydrogen-bond acceptors (Lipinski definition) is 6. The maximum Gasteiger partial charge on any atom is 0.573 e. The number of carbonyl (C=O) groups is 1. The molecule has 0 radical (unpaired) electrons. The summed E-state index contributed by atoms with van der Waals surface area (Å²) in [7, 11) is 0. The summed E-state index contributed by atoms with van der Waals surface area (Å²) in [6.07, 6.45) is -4.57. The molecule has 24 heavy (non-hydrogen) atoms. The van der Waals surface area contributed by atoms with Gasteiger partial charge in [0.25, 0.3) is 0 Å². The fourth-order valence-electron chi connectivity index (χ4n) is 2.49. The van der Waals surface area contributed by atoms with E-state index in [1.807, 2.05) is 0 Å². The van der Waals surface area contributed by atoms with Gasteiger partial charge >= 0.3 is 6.36 Å². The summed E-state index contributed by atoms with van der Waals surface area (Å²) >= 11 is 0. The average Bonchev–Trinajstić information content (AvgIpc) is 3.12. The van der Waals surface area contributed by atoms with Crippen molar-refractivity contribution in [1.82, 2.24) is 15.0 Å². The third-order valence-corrected chi connectivity index (χ3v) is 3.53. The summed E-state index contributed by atoms with van der Waals surface area (Å²) in [5.74, 6) is -0.0407. The Morgan fingerprint density at radius 2 is 2.04 bits per heavy atom. The Hall–Kier alpha value is -2.62. The molecule has 0 aliphatic carbocycles. The molecule has 10 heteroatoms. The Kier molecular flexibility index (Phi) is 4.14. The van der Waals surface area contributed by atoms with Crippen LogP contribution in [0.25, 0.3) is 11.4 Å². The van der Waals surface area contributed by atoms with Crippen molar-refractivity contribution in [3.63, 3.8) is 0 Å². The van der Waals surface area contributed by atoms with Crippen LogP contribution in [0.5, 0.6) is 5.75 Å². The minimum Gasteiger partial charge on any atom is -0.406 e. The molecule has 1 N–H and O–H groups in total. The minimum absolute atomic E-state index is 0.157. The SMILES string of the molecule is O=CN1C[C@@H](O)C[C@H]1c1nc(-c2ccc(OC(F)(F)F)cc2)no1. The standard InChI is InChI=1S/C14H12F3N3O4/c15-14(16,17)23-10-3-1-8(2-4-10)12-18-13(24-19-12)11-5-9(22)6-20(11)7-21/h1-4,7,9,11,22H,5-6H2/t9-,11-/m0/s1. The summed E-state index contributed by atoms with van der Waals surface area (Å²) in [5, 5.41) is 13.4. The molecule has 1 saturated heterocycles. The van der Waals surface area contributed by atoms with Gasteiger partial charge in [-0.15, -0.1) is 13.2 Å². The van der Waals surface area contributed by atoms with E-state index in [-0.39, 0.29) is 30.4 Å². The lowest BCUT2D eigenvalue weighted by molar-refractivity contribution is -0.274. The quantitative estimate of drug-likeness (QED) is 0.853. The zero-order chi connectivity index (χ0) is 17.3. The van der Waals surface area contributed by atoms with Crippen molar-refractivity contribution in [2.45, 2.75) is 24.9 Å². The normalized spacial score (nSPS) is 21.1. The lowest BCUT2D eigenvalue weighted by Gasteiger charge is -2.14. The Balaban J connectivity index is 1.77. The van der Waals surface area contributed by atoms with E-state index in [0.29, 0.717) is 12.0 Å². The molecule has 0 bridgehead atoms. The van der Waals surface area contributed by atoms with Crippen LogP contribution in [0.3, 0.4) is 0 Å². The Morgan fingerprint density at radius 3 is 2.67 bits per heavy atom. The number of hydrogen-bond donors (Lipinski definition) is 1. The van der Waals surface area contributed by atoms with Gasteiger partial charge in [-0.1, -0.05) is 5.16 Å². The van der Waals surface area contributed by atoms with E-state index in [1.54, 1.807) is 0 Å². The molecule has 3 rings (SSSR count). The van der Waals surface area contributed by atoms with Crippen LogP contribution >= 0.6 is 0 Å². The number of benzene rings is 1. The van der Waals surface area contributed by atoms with Crippen LogP contribution in [0.2, 0.25) is 0 Å². The molecule has 0 saturated carbocycles. The monoisotopic (exact) mass is 343 g/mol. The molecule has 1 aromatic carbocycles. The van der Waals surface area contributed by atoms with Crippen molar-refractivity contribution >= 4 is 6.41 Å². The van der Waals surface area contributed by atoms with Gasteiger partial charge in [-0.25, -0.2) is 0 Å². The maximum absolute atomic E-state index is 12.1. The zero-order valence-corrected chi connectivity index (χ0v) is 12.1. The Morgan fingerprint density at radius 1 is 1.33 bits per heavy atom. The molecular weight excluding hydrogens is 331 g/mol. The highest BCUT2D eigenvalue weighted by Gasteiger charge is 2.35. The third-order valence-electron chi connectivity index (χ3n) is 3.53. The lowest BCUT2D eigenvalue weighted by atomic mass is 10.2. The number of carbonyl (C=O) groups excluding carboxylic acids is 1. The Labute approximate surface area is 133 Å². The first-order chi connectivity index (χ1) is 11.4. The molecule has 2 atom stereocenters. The molecule has 0 unspecified atom stereocenters. The van der Waals surface area contributed by atoms with Crippen LogP contribution in [-0.2, 0) is 4.79 Å². The van der Waals surface area contributed by atoms with E-state index in [0.717, 1.165) is 12.1 Å². The summed E-state index contributed by atoms with van der Waals surface area (Å²) < 4.78 is 45.3. The second-order valence-electron chi connectivity index (χ2n) is 5.24. The number of aliphatic hydroxyl groups is 1. The van der Waals surface area contributed by atoms with Crippen molar-refractivity contribution in [3.05, 3.63) is 30.2 Å². The highest BCUT2D eigenvalue weighted by atomic mass is 19.4. The largest absolute Gasteiger partial charge is 0.573 e. The Bertz CT molecular complexity index is 717. The molecular formula is C14H12F3N3O4. The van der Waals surface area contributed by atoms with Crippen molar-refractivity contribution in [3.8, 4) is 17.1 Å². The van der Waals surface area contributed by atoms with Crippen molar-refractivity contribution < 1.29 is 32.3 Å². The van der Waals surface area contributed by atoms with Gasteiger partial charge in [0.15, 0.2) is 0 Å². The number of rotatable bonds is 4. The number of halogens is 3. The number of β-amino-alcohol motifs (C(OH)–C–C–N with tert-alkyl or cyclic N) is 1. The van der Waals surface area contributed by atoms with E-state index >= 15 is 0 Å². The molecule has 2 heterocycles. The van der Waals surface area contributed by atoms with E-state index in [4.69, 9.17) is 4.52 Å². The smallest absolute Gasteiger partial charge is 0.406 e. The van der Waals surface area contributed by atoms with Gasteiger partial charge in [0.05, 0.1) is 6.10 Å². The molecule has 2 aromatic rings. The van der Waals surface area contributed by atoms with Crippen molar-refractivity contribution in [2.24, 2.45) is 0 Å². The summed E-state index contributed by atoms with van der Waals surface area (Å²) in [6, 6.07) is 4.46. The molecule has 0 spiro atoms. The van der Waals surface area contributed by atoms with Gasteiger partial charge in [0.2, 0.25) is 18.1 Å². The van der Waals surface area contributed by atoms with Crippen LogP contribution < -0.4 is 4.74 Å². The number of amides is 1. The second-order valence-corrected chi connectivity index (χ2v) is 5.24. The third kappa shape index (κ3) is 3.48. The molecule has 7 nitrogen and oxygen atoms in total. The van der Waals surface area contributed by atoms with E-state index in [1.165, 1.54) is 17.0 Å². The highest BCUT2D eigenvalue weighted by Crippen LogP contribution is 2.31. The molecule has 1 aliphatic rings. The average molecular weight is 343 g/mol. The second kappa shape index (κ2) is 6.11. The van der Waals surface area contributed by atoms with E-state index in [9.17, 15) is 23.1 Å². The lowest BCUT2D eigenvalue weighted by Crippen LogP contribution is -2.22. The van der Waals surface area contributed by atoms with E-state index < -0.39 is 18.5 Å². The van der Waals surface area contributed by atoms with Gasteiger partial charge in [-0.05, 0) is 24.3 Å². The van der Waals surface area contributed by atoms with Gasteiger partial charge in [0.1, 0.15) is 11.8 Å². The fraction of sp³-hybridized carbons (Fsp3) is 0.357. The van der Waals surface area contributed by atoms with Crippen molar-refractivity contribution in [2.75, 3.05) is 6.54 Å². The number of aliphatic hydroxyl groups excluding tert-OH is 1. The first-order valence-electron chi connectivity index (χ1n) is 6.94. The summed E-state index contributed by atoms with van der Waals surface area (Å²) in [6.45, 7) is 0.176. The van der Waals surface area contributed by atoms with Crippen LogP contribution in [0.15, 0.2) is 28.8 Å². The van der Waals surface area contributed by atoms with Gasteiger partial charge in [-0.2, -0.15) is 4.98 Å². The summed E-state index contributed by atoms with van der Waals surface area (Å²) in [4.78, 5) is 16.5. The zero-order valence-electron chi connectivity index (χ0n) is 12.1. The van der Waals surface area contributed by atoms with Gasteiger partial charge in [-0.3, -0.25) is 4.79 Å². The van der Waals surface area contributed by atoms with Crippen LogP contribution in [0, 0.1) is 0 Å². The minimum atomic E-state index is -4.76. The predicted octanol–water partition coefficient (Wildman–Crippen LogP) is 1.90. The molecule has 1 fully saturated rings. The number of nitrogens with zero attached hydrogens (tertiary/aromatic N) is 3. The van der Waals surface area contributed by atoms with Crippen molar-refractivity contribution in [1.29, 1.82) is 0 Å². The van der Waals surface area contributed by atoms with Gasteiger partial charge < -0.3 is 19.3 Å². The van der Waals surface area contributed by atoms with Crippen LogP contribution in [0.4, 0.5) is 13.2 Å². The number of alkyl halides is 3. The number of aromatic nitrogens is 2. The molecule has 1 aliphatic heterocycles. The highest BCUT2D eigenvalue weighted by molar-refractivity contribution is 5.56. The number of likely N-dealkylation sites (tertiary alicyclic amines) is 1. The molecule has 1 amide bonds. The topological polar surface area (TPSA) is 88.7 Å². The van der Waals surface area contributed by atoms with E-state index in [2.05, 4.69) is 14.9 Å². The first kappa shape index (κ1) is 16.2. The number of ether oxygens (including phenoxy) is 1. The van der Waals surface area contributed by atoms with Gasteiger partial charge in [0, 0.05) is 18.5 Å². The molecule has 128 valence electrons. The molecule has 1 aromatic heterocycles. The first-order valence-corrected chi connectivity index (χ1v) is 6.94.